The summed E-state index contributed by atoms with van der Waals surface area (Å²) in [6, 6.07) is 5.83. The summed E-state index contributed by atoms with van der Waals surface area (Å²) in [5.41, 5.74) is 0.0787. The van der Waals surface area contributed by atoms with Crippen molar-refractivity contribution in [2.24, 2.45) is 0 Å². The number of rotatable bonds is 7. The minimum Gasteiger partial charge on any atom is -0.462 e. The van der Waals surface area contributed by atoms with Gasteiger partial charge in [-0.15, -0.1) is 0 Å². The van der Waals surface area contributed by atoms with Crippen LogP contribution in [0.4, 0.5) is 39.5 Å². The van der Waals surface area contributed by atoms with Crippen molar-refractivity contribution in [1.29, 1.82) is 0 Å². The quantitative estimate of drug-likeness (QED) is 0.196. The Morgan fingerprint density at radius 2 is 1.61 bits per heavy atom. The lowest BCUT2D eigenvalue weighted by Crippen LogP contribution is -2.60. The van der Waals surface area contributed by atoms with Crippen LogP contribution in [0.1, 0.15) is 16.8 Å². The number of benzene rings is 1. The van der Waals surface area contributed by atoms with Gasteiger partial charge in [-0.25, -0.2) is 4.79 Å². The molecule has 0 bridgehead atoms. The van der Waals surface area contributed by atoms with Crippen molar-refractivity contribution in [3.05, 3.63) is 44.0 Å². The van der Waals surface area contributed by atoms with Gasteiger partial charge in [-0.3, -0.25) is 0 Å². The zero-order valence-electron chi connectivity index (χ0n) is 13.3. The van der Waals surface area contributed by atoms with E-state index in [4.69, 9.17) is 4.74 Å². The van der Waals surface area contributed by atoms with Gasteiger partial charge in [0.25, 0.3) is 0 Å². The number of hydrogen-bond acceptors (Lipinski definition) is 2. The SMILES string of the molecule is O=C(OCCC(I)=CC(F)(F)C(F)(F)C(F)(F)C(F)(F)F)c1cccc(Br)c1. The Hall–Kier alpha value is -0.990. The fourth-order valence-electron chi connectivity index (χ4n) is 1.69. The van der Waals surface area contributed by atoms with Crippen LogP contribution in [0.25, 0.3) is 0 Å². The second-order valence-corrected chi connectivity index (χ2v) is 7.56. The van der Waals surface area contributed by atoms with Crippen molar-refractivity contribution in [2.75, 3.05) is 6.61 Å². The van der Waals surface area contributed by atoms with E-state index in [1.165, 1.54) is 18.2 Å². The molecule has 13 heteroatoms. The Bertz CT molecular complexity index is 747. The first kappa shape index (κ1) is 25.0. The Morgan fingerprint density at radius 3 is 2.11 bits per heavy atom. The van der Waals surface area contributed by atoms with Crippen molar-refractivity contribution in [3.63, 3.8) is 0 Å². The van der Waals surface area contributed by atoms with Crippen molar-refractivity contribution in [2.45, 2.75) is 30.4 Å². The Balaban J connectivity index is 2.82. The monoisotopic (exact) mass is 598 g/mol. The molecule has 0 saturated heterocycles. The number of alkyl halides is 9. The molecule has 28 heavy (non-hydrogen) atoms. The van der Waals surface area contributed by atoms with Crippen molar-refractivity contribution < 1.29 is 49.0 Å². The van der Waals surface area contributed by atoms with Gasteiger partial charge in [-0.1, -0.05) is 22.0 Å². The number of halogens is 11. The van der Waals surface area contributed by atoms with Gasteiger partial charge in [-0.05, 0) is 44.4 Å². The Kier molecular flexibility index (Phi) is 7.87. The molecular weight excluding hydrogens is 590 g/mol. The number of carbonyl (C=O) groups is 1. The van der Waals surface area contributed by atoms with Gasteiger partial charge in [0.05, 0.1) is 12.2 Å². The van der Waals surface area contributed by atoms with Crippen molar-refractivity contribution in [3.8, 4) is 0 Å². The van der Waals surface area contributed by atoms with E-state index in [1.54, 1.807) is 6.07 Å². The third-order valence-electron chi connectivity index (χ3n) is 3.14. The Labute approximate surface area is 174 Å². The highest BCUT2D eigenvalue weighted by atomic mass is 127. The van der Waals surface area contributed by atoms with E-state index < -0.39 is 52.6 Å². The molecule has 0 fully saturated rings. The maximum atomic E-state index is 13.4. The van der Waals surface area contributed by atoms with E-state index >= 15 is 0 Å². The minimum atomic E-state index is -6.95. The molecule has 0 atom stereocenters. The lowest BCUT2D eigenvalue weighted by molar-refractivity contribution is -0.388. The van der Waals surface area contributed by atoms with Crippen LogP contribution in [0, 0.1) is 0 Å². The molecule has 0 radical (unpaired) electrons. The van der Waals surface area contributed by atoms with E-state index in [2.05, 4.69) is 15.9 Å². The van der Waals surface area contributed by atoms with Crippen LogP contribution in [0.2, 0.25) is 0 Å². The Morgan fingerprint density at radius 1 is 1.04 bits per heavy atom. The molecule has 0 aliphatic heterocycles. The molecular formula is C15H9BrF9IO2. The third kappa shape index (κ3) is 5.54. The van der Waals surface area contributed by atoms with Crippen LogP contribution < -0.4 is 0 Å². The minimum absolute atomic E-state index is 0.0787. The van der Waals surface area contributed by atoms with Crippen molar-refractivity contribution in [1.82, 2.24) is 0 Å². The highest BCUT2D eigenvalue weighted by Gasteiger charge is 2.81. The van der Waals surface area contributed by atoms with Gasteiger partial charge in [0, 0.05) is 17.0 Å². The van der Waals surface area contributed by atoms with Gasteiger partial charge < -0.3 is 4.74 Å². The van der Waals surface area contributed by atoms with Gasteiger partial charge >= 0.3 is 29.9 Å². The van der Waals surface area contributed by atoms with Gasteiger partial charge in [-0.2, -0.15) is 39.5 Å². The standard InChI is InChI=1S/C15H9BrF9IO2/c16-9-3-1-2-8(6-9)11(27)28-5-4-10(26)7-12(17,18)13(19,20)14(21,22)15(23,24)25/h1-3,6-7H,4-5H2. The number of allylic oxidation sites excluding steroid dienone is 1. The van der Waals surface area contributed by atoms with Gasteiger partial charge in [0.2, 0.25) is 0 Å². The zero-order chi connectivity index (χ0) is 22.0. The molecule has 0 spiro atoms. The maximum Gasteiger partial charge on any atom is 0.460 e. The molecule has 1 aromatic carbocycles. The first-order valence-electron chi connectivity index (χ1n) is 7.03. The summed E-state index contributed by atoms with van der Waals surface area (Å²) in [5.74, 6) is -20.4. The van der Waals surface area contributed by atoms with E-state index in [0.717, 1.165) is 22.6 Å². The summed E-state index contributed by atoms with van der Waals surface area (Å²) < 4.78 is 119. The topological polar surface area (TPSA) is 26.3 Å². The fourth-order valence-corrected chi connectivity index (χ4v) is 2.70. The summed E-state index contributed by atoms with van der Waals surface area (Å²) in [6.07, 6.45) is -8.19. The van der Waals surface area contributed by atoms with Crippen LogP contribution in [-0.4, -0.2) is 36.5 Å². The molecule has 1 aromatic rings. The molecule has 0 aliphatic rings. The summed E-state index contributed by atoms with van der Waals surface area (Å²) in [7, 11) is 0. The first-order valence-corrected chi connectivity index (χ1v) is 8.90. The van der Waals surface area contributed by atoms with Crippen LogP contribution in [0.5, 0.6) is 0 Å². The molecule has 0 saturated carbocycles. The normalized spacial score (nSPS) is 14.2. The van der Waals surface area contributed by atoms with Crippen LogP contribution in [0.3, 0.4) is 0 Å². The second kappa shape index (κ2) is 8.79. The summed E-state index contributed by atoms with van der Waals surface area (Å²) in [5, 5.41) is 0. The van der Waals surface area contributed by atoms with E-state index in [1.807, 2.05) is 0 Å². The van der Waals surface area contributed by atoms with Crippen molar-refractivity contribution >= 4 is 44.5 Å². The molecule has 0 N–H and O–H groups in total. The fraction of sp³-hybridized carbons (Fsp3) is 0.400. The van der Waals surface area contributed by atoms with E-state index in [9.17, 15) is 44.3 Å². The van der Waals surface area contributed by atoms with E-state index in [-0.39, 0.29) is 5.56 Å². The average molecular weight is 599 g/mol. The number of ether oxygens (including phenoxy) is 1. The second-order valence-electron chi connectivity index (χ2n) is 5.26. The molecule has 2 nitrogen and oxygen atoms in total. The highest BCUT2D eigenvalue weighted by Crippen LogP contribution is 2.53. The van der Waals surface area contributed by atoms with Crippen LogP contribution >= 0.6 is 38.5 Å². The van der Waals surface area contributed by atoms with Gasteiger partial charge in [0.1, 0.15) is 0 Å². The average Bonchev–Trinajstić information content (AvgIpc) is 2.52. The van der Waals surface area contributed by atoms with E-state index in [0.29, 0.717) is 4.47 Å². The number of carbonyl (C=O) groups excluding carboxylic acids is 1. The third-order valence-corrected chi connectivity index (χ3v) is 4.49. The largest absolute Gasteiger partial charge is 0.462 e. The molecule has 0 heterocycles. The van der Waals surface area contributed by atoms with Crippen LogP contribution in [-0.2, 0) is 4.74 Å². The highest BCUT2D eigenvalue weighted by molar-refractivity contribution is 14.1. The summed E-state index contributed by atoms with van der Waals surface area (Å²) >= 11 is 4.13. The summed E-state index contributed by atoms with van der Waals surface area (Å²) in [4.78, 5) is 11.7. The molecule has 1 rings (SSSR count). The smallest absolute Gasteiger partial charge is 0.460 e. The molecule has 158 valence electrons. The predicted molar refractivity (Wildman–Crippen MR) is 92.0 cm³/mol. The van der Waals surface area contributed by atoms with Gasteiger partial charge in [0.15, 0.2) is 0 Å². The number of esters is 1. The molecule has 0 aromatic heterocycles. The lowest BCUT2D eigenvalue weighted by atomic mass is 10.0. The summed E-state index contributed by atoms with van der Waals surface area (Å²) in [6.45, 7) is -0.600. The first-order chi connectivity index (χ1) is 12.5. The molecule has 0 unspecified atom stereocenters. The predicted octanol–water partition coefficient (Wildman–Crippen LogP) is 6.78. The van der Waals surface area contributed by atoms with Crippen LogP contribution in [0.15, 0.2) is 38.4 Å². The molecule has 0 amide bonds. The zero-order valence-corrected chi connectivity index (χ0v) is 17.0. The maximum absolute atomic E-state index is 13.4. The molecule has 0 aliphatic carbocycles. The number of hydrogen-bond donors (Lipinski definition) is 0. The lowest BCUT2D eigenvalue weighted by Gasteiger charge is -2.32.